The van der Waals surface area contributed by atoms with Gasteiger partial charge in [-0.2, -0.15) is 0 Å². The zero-order chi connectivity index (χ0) is 19.5. The summed E-state index contributed by atoms with van der Waals surface area (Å²) in [7, 11) is -3.65. The van der Waals surface area contributed by atoms with E-state index in [4.69, 9.17) is 0 Å². The summed E-state index contributed by atoms with van der Waals surface area (Å²) >= 11 is 1.31. The van der Waals surface area contributed by atoms with Gasteiger partial charge in [-0.25, -0.2) is 13.1 Å². The Morgan fingerprint density at radius 1 is 1.19 bits per heavy atom. The lowest BCUT2D eigenvalue weighted by Crippen LogP contribution is -2.28. The van der Waals surface area contributed by atoms with Gasteiger partial charge in [0.1, 0.15) is 5.01 Å². The highest BCUT2D eigenvalue weighted by Gasteiger charge is 2.20. The largest absolute Gasteiger partial charge is 0.300 e. The third-order valence-electron chi connectivity index (χ3n) is 3.59. The molecular weight excluding hydrogens is 372 g/mol. The number of carbonyl (C=O) groups is 1. The molecule has 142 valence electrons. The fourth-order valence-corrected chi connectivity index (χ4v) is 4.31. The molecule has 0 bridgehead atoms. The zero-order valence-corrected chi connectivity index (χ0v) is 17.2. The average Bonchev–Trinajstić information content (AvgIpc) is 2.98. The second-order valence-electron chi connectivity index (χ2n) is 7.13. The number of carbonyl (C=O) groups excluding carboxylic acids is 1. The van der Waals surface area contributed by atoms with E-state index in [9.17, 15) is 13.2 Å². The normalized spacial score (nSPS) is 12.2. The molecule has 26 heavy (non-hydrogen) atoms. The van der Waals surface area contributed by atoms with Crippen LogP contribution in [0.3, 0.4) is 0 Å². The van der Waals surface area contributed by atoms with Gasteiger partial charge in [0, 0.05) is 18.4 Å². The fourth-order valence-electron chi connectivity index (χ4n) is 2.13. The number of aryl methyl sites for hydroxylation is 2. The monoisotopic (exact) mass is 396 g/mol. The first-order valence-corrected chi connectivity index (χ1v) is 10.5. The van der Waals surface area contributed by atoms with E-state index in [1.54, 1.807) is 19.1 Å². The molecule has 0 saturated heterocycles. The van der Waals surface area contributed by atoms with Crippen molar-refractivity contribution in [1.82, 2.24) is 14.9 Å². The van der Waals surface area contributed by atoms with E-state index in [2.05, 4.69) is 20.2 Å². The van der Waals surface area contributed by atoms with E-state index in [0.717, 1.165) is 10.6 Å². The molecule has 2 rings (SSSR count). The van der Waals surface area contributed by atoms with Crippen LogP contribution in [0.1, 0.15) is 43.3 Å². The number of benzene rings is 1. The number of hydrogen-bond acceptors (Lipinski definition) is 6. The molecular formula is C17H24N4O3S2. The number of aromatic nitrogens is 2. The van der Waals surface area contributed by atoms with Crippen molar-refractivity contribution in [2.75, 3.05) is 11.9 Å². The Balaban J connectivity index is 1.91. The van der Waals surface area contributed by atoms with Crippen molar-refractivity contribution in [3.63, 3.8) is 0 Å². The Morgan fingerprint density at radius 3 is 2.50 bits per heavy atom. The minimum Gasteiger partial charge on any atom is -0.300 e. The number of amides is 1. The van der Waals surface area contributed by atoms with Gasteiger partial charge in [-0.3, -0.25) is 4.79 Å². The highest BCUT2D eigenvalue weighted by Crippen LogP contribution is 2.27. The van der Waals surface area contributed by atoms with Crippen LogP contribution in [-0.2, 0) is 20.2 Å². The van der Waals surface area contributed by atoms with Gasteiger partial charge in [-0.1, -0.05) is 44.2 Å². The average molecular weight is 397 g/mol. The summed E-state index contributed by atoms with van der Waals surface area (Å²) in [5.41, 5.74) is 1.39. The minimum atomic E-state index is -3.65. The van der Waals surface area contributed by atoms with Crippen LogP contribution in [0.5, 0.6) is 0 Å². The summed E-state index contributed by atoms with van der Waals surface area (Å²) in [5.74, 6) is -0.315. The number of nitrogens with one attached hydrogen (secondary N) is 2. The van der Waals surface area contributed by atoms with Crippen molar-refractivity contribution < 1.29 is 13.2 Å². The van der Waals surface area contributed by atoms with Crippen LogP contribution >= 0.6 is 11.3 Å². The van der Waals surface area contributed by atoms with Crippen molar-refractivity contribution in [3.8, 4) is 0 Å². The molecule has 1 aromatic carbocycles. The molecule has 1 heterocycles. The summed E-state index contributed by atoms with van der Waals surface area (Å²) in [6.45, 7) is 9.62. The smallest absolute Gasteiger partial charge is 0.240 e. The fraction of sp³-hybridized carbons (Fsp3) is 0.471. The molecule has 0 atom stereocenters. The number of sulfonamides is 1. The van der Waals surface area contributed by atoms with Crippen LogP contribution in [0.4, 0.5) is 5.13 Å². The van der Waals surface area contributed by atoms with Crippen LogP contribution in [0.2, 0.25) is 0 Å². The van der Waals surface area contributed by atoms with Crippen LogP contribution < -0.4 is 10.0 Å². The number of nitrogens with zero attached hydrogens (tertiary/aromatic N) is 2. The molecule has 2 aromatic rings. The molecule has 0 fully saturated rings. The predicted molar refractivity (Wildman–Crippen MR) is 103 cm³/mol. The first kappa shape index (κ1) is 20.5. The molecule has 0 saturated carbocycles. The van der Waals surface area contributed by atoms with Gasteiger partial charge in [0.05, 0.1) is 4.90 Å². The molecule has 1 aromatic heterocycles. The van der Waals surface area contributed by atoms with Crippen LogP contribution in [0.25, 0.3) is 0 Å². The lowest BCUT2D eigenvalue weighted by Gasteiger charge is -2.12. The number of hydrogen-bond donors (Lipinski definition) is 2. The van der Waals surface area contributed by atoms with Crippen molar-refractivity contribution in [1.29, 1.82) is 0 Å². The summed E-state index contributed by atoms with van der Waals surface area (Å²) in [6.07, 6.45) is 0.00846. The minimum absolute atomic E-state index is 0.00643. The molecule has 0 radical (unpaired) electrons. The van der Waals surface area contributed by atoms with Gasteiger partial charge in [-0.15, -0.1) is 10.2 Å². The third-order valence-corrected chi connectivity index (χ3v) is 6.46. The van der Waals surface area contributed by atoms with E-state index >= 15 is 0 Å². The van der Waals surface area contributed by atoms with E-state index < -0.39 is 10.0 Å². The summed E-state index contributed by atoms with van der Waals surface area (Å²) in [4.78, 5) is 12.2. The van der Waals surface area contributed by atoms with E-state index in [1.165, 1.54) is 11.3 Å². The van der Waals surface area contributed by atoms with Crippen LogP contribution in [-0.4, -0.2) is 31.1 Å². The first-order valence-electron chi connectivity index (χ1n) is 8.20. The van der Waals surface area contributed by atoms with Gasteiger partial charge in [-0.05, 0) is 31.0 Å². The van der Waals surface area contributed by atoms with Gasteiger partial charge in [0.15, 0.2) is 0 Å². The maximum Gasteiger partial charge on any atom is 0.240 e. The second-order valence-corrected chi connectivity index (χ2v) is 9.84. The topological polar surface area (TPSA) is 101 Å². The SMILES string of the molecule is Cc1ccc(C)c(S(=O)(=O)NCCC(=O)Nc2nnc(C(C)(C)C)s2)c1. The third kappa shape index (κ3) is 5.33. The standard InChI is InChI=1S/C17H24N4O3S2/c1-11-6-7-12(2)13(10-11)26(23,24)18-9-8-14(22)19-16-21-20-15(25-16)17(3,4)5/h6-7,10,18H,8-9H2,1-5H3,(H,19,21,22). The Kier molecular flexibility index (Phi) is 6.15. The Hall–Kier alpha value is -1.84. The number of rotatable bonds is 6. The summed E-state index contributed by atoms with van der Waals surface area (Å²) in [6, 6.07) is 5.24. The molecule has 7 nitrogen and oxygen atoms in total. The molecule has 2 N–H and O–H groups in total. The zero-order valence-electron chi connectivity index (χ0n) is 15.6. The van der Waals surface area contributed by atoms with Crippen LogP contribution in [0, 0.1) is 13.8 Å². The van der Waals surface area contributed by atoms with Gasteiger partial charge in [0.25, 0.3) is 0 Å². The lowest BCUT2D eigenvalue weighted by atomic mass is 9.98. The second kappa shape index (κ2) is 7.81. The predicted octanol–water partition coefficient (Wildman–Crippen LogP) is 2.76. The molecule has 0 unspecified atom stereocenters. The van der Waals surface area contributed by atoms with E-state index in [-0.39, 0.29) is 29.2 Å². The van der Waals surface area contributed by atoms with Crippen molar-refractivity contribution in [3.05, 3.63) is 34.3 Å². The Morgan fingerprint density at radius 2 is 1.88 bits per heavy atom. The van der Waals surface area contributed by atoms with E-state index in [0.29, 0.717) is 10.7 Å². The van der Waals surface area contributed by atoms with Gasteiger partial charge < -0.3 is 5.32 Å². The maximum absolute atomic E-state index is 12.4. The van der Waals surface area contributed by atoms with Crippen LogP contribution in [0.15, 0.2) is 23.1 Å². The summed E-state index contributed by atoms with van der Waals surface area (Å²) in [5, 5.41) is 11.9. The molecule has 0 aliphatic heterocycles. The molecule has 0 aliphatic carbocycles. The molecule has 0 aliphatic rings. The van der Waals surface area contributed by atoms with E-state index in [1.807, 2.05) is 33.8 Å². The van der Waals surface area contributed by atoms with Gasteiger partial charge >= 0.3 is 0 Å². The van der Waals surface area contributed by atoms with Crippen molar-refractivity contribution in [2.24, 2.45) is 0 Å². The first-order chi connectivity index (χ1) is 12.0. The Labute approximate surface area is 158 Å². The van der Waals surface area contributed by atoms with Crippen molar-refractivity contribution in [2.45, 2.75) is 51.3 Å². The lowest BCUT2D eigenvalue weighted by molar-refractivity contribution is -0.116. The molecule has 0 spiro atoms. The van der Waals surface area contributed by atoms with Crippen molar-refractivity contribution >= 4 is 32.4 Å². The Bertz CT molecular complexity index is 899. The maximum atomic E-state index is 12.4. The number of anilines is 1. The molecule has 1 amide bonds. The quantitative estimate of drug-likeness (QED) is 0.782. The molecule has 9 heteroatoms. The highest BCUT2D eigenvalue weighted by atomic mass is 32.2. The van der Waals surface area contributed by atoms with Gasteiger partial charge in [0.2, 0.25) is 21.1 Å². The highest BCUT2D eigenvalue weighted by molar-refractivity contribution is 7.89. The summed E-state index contributed by atoms with van der Waals surface area (Å²) < 4.78 is 27.3.